The summed E-state index contributed by atoms with van der Waals surface area (Å²) in [6.45, 7) is 7.21. The Morgan fingerprint density at radius 2 is 1.90 bits per heavy atom. The first-order valence-electron chi connectivity index (χ1n) is 6.21. The van der Waals surface area contributed by atoms with Crippen molar-refractivity contribution in [3.05, 3.63) is 28.2 Å². The van der Waals surface area contributed by atoms with Crippen LogP contribution >= 0.6 is 15.9 Å². The summed E-state index contributed by atoms with van der Waals surface area (Å²) in [5.74, 6) is -0.694. The maximum atomic E-state index is 12.0. The lowest BCUT2D eigenvalue weighted by atomic mass is 10.1. The van der Waals surface area contributed by atoms with Crippen molar-refractivity contribution >= 4 is 27.7 Å². The summed E-state index contributed by atoms with van der Waals surface area (Å²) in [5.41, 5.74) is -0.0625. The Morgan fingerprint density at radius 3 is 2.40 bits per heavy atom. The van der Waals surface area contributed by atoms with Crippen molar-refractivity contribution < 1.29 is 14.7 Å². The third-order valence-electron chi connectivity index (χ3n) is 2.45. The standard InChI is InChI=1S/C14H19BrN2O3/c1-8(12(19)17-14(2,3)4)16-13(20)9-5-6-10(15)11(18)7-9/h5-8,18H,1-4H3,(H,16,20)(H,17,19). The van der Waals surface area contributed by atoms with Gasteiger partial charge in [0.1, 0.15) is 11.8 Å². The van der Waals surface area contributed by atoms with Gasteiger partial charge >= 0.3 is 0 Å². The molecule has 1 atom stereocenters. The molecule has 0 saturated carbocycles. The zero-order valence-electron chi connectivity index (χ0n) is 12.0. The number of amides is 2. The van der Waals surface area contributed by atoms with Gasteiger partial charge in [0.05, 0.1) is 4.47 Å². The molecule has 0 fully saturated rings. The number of rotatable bonds is 3. The van der Waals surface area contributed by atoms with E-state index in [9.17, 15) is 14.7 Å². The van der Waals surface area contributed by atoms with Crippen molar-refractivity contribution in [2.45, 2.75) is 39.3 Å². The molecule has 0 aliphatic heterocycles. The molecule has 2 amide bonds. The van der Waals surface area contributed by atoms with E-state index in [0.717, 1.165) is 0 Å². The summed E-state index contributed by atoms with van der Waals surface area (Å²) in [4.78, 5) is 23.8. The zero-order valence-corrected chi connectivity index (χ0v) is 13.5. The molecule has 1 aromatic rings. The number of benzene rings is 1. The molecule has 0 bridgehead atoms. The van der Waals surface area contributed by atoms with E-state index >= 15 is 0 Å². The molecule has 3 N–H and O–H groups in total. The van der Waals surface area contributed by atoms with E-state index in [1.54, 1.807) is 19.1 Å². The summed E-state index contributed by atoms with van der Waals surface area (Å²) in [5, 5.41) is 14.9. The van der Waals surface area contributed by atoms with Crippen LogP contribution < -0.4 is 10.6 Å². The molecule has 0 radical (unpaired) electrons. The summed E-state index contributed by atoms with van der Waals surface area (Å²) in [7, 11) is 0. The van der Waals surface area contributed by atoms with Crippen LogP contribution in [0.4, 0.5) is 0 Å². The molecule has 1 rings (SSSR count). The van der Waals surface area contributed by atoms with Gasteiger partial charge in [0.2, 0.25) is 5.91 Å². The van der Waals surface area contributed by atoms with Crippen molar-refractivity contribution in [2.75, 3.05) is 0 Å². The molecule has 0 aliphatic carbocycles. The van der Waals surface area contributed by atoms with Gasteiger partial charge in [0, 0.05) is 11.1 Å². The van der Waals surface area contributed by atoms with Gasteiger partial charge in [-0.15, -0.1) is 0 Å². The lowest BCUT2D eigenvalue weighted by Crippen LogP contribution is -2.50. The quantitative estimate of drug-likeness (QED) is 0.787. The van der Waals surface area contributed by atoms with Crippen molar-refractivity contribution in [1.82, 2.24) is 10.6 Å². The van der Waals surface area contributed by atoms with Crippen molar-refractivity contribution in [1.29, 1.82) is 0 Å². The van der Waals surface area contributed by atoms with Gasteiger partial charge in [-0.2, -0.15) is 0 Å². The maximum absolute atomic E-state index is 12.0. The minimum absolute atomic E-state index is 0.0237. The SMILES string of the molecule is CC(NC(=O)c1ccc(Br)c(O)c1)C(=O)NC(C)(C)C. The monoisotopic (exact) mass is 342 g/mol. The van der Waals surface area contributed by atoms with Gasteiger partial charge < -0.3 is 15.7 Å². The molecular weight excluding hydrogens is 324 g/mol. The second-order valence-electron chi connectivity index (χ2n) is 5.60. The van der Waals surface area contributed by atoms with E-state index in [1.807, 2.05) is 20.8 Å². The number of hydrogen-bond donors (Lipinski definition) is 3. The fourth-order valence-corrected chi connectivity index (χ4v) is 1.72. The Morgan fingerprint density at radius 1 is 1.30 bits per heavy atom. The average Bonchev–Trinajstić information content (AvgIpc) is 2.30. The summed E-state index contributed by atoms with van der Waals surface area (Å²) in [6.07, 6.45) is 0. The Bertz CT molecular complexity index is 524. The second-order valence-corrected chi connectivity index (χ2v) is 6.45. The lowest BCUT2D eigenvalue weighted by molar-refractivity contribution is -0.124. The first-order valence-corrected chi connectivity index (χ1v) is 7.01. The largest absolute Gasteiger partial charge is 0.507 e. The minimum atomic E-state index is -0.660. The highest BCUT2D eigenvalue weighted by Crippen LogP contribution is 2.24. The fourth-order valence-electron chi connectivity index (χ4n) is 1.48. The zero-order chi connectivity index (χ0) is 15.5. The van der Waals surface area contributed by atoms with Crippen LogP contribution in [0.2, 0.25) is 0 Å². The number of carbonyl (C=O) groups is 2. The summed E-state index contributed by atoms with van der Waals surface area (Å²) >= 11 is 3.14. The van der Waals surface area contributed by atoms with Crippen molar-refractivity contribution in [2.24, 2.45) is 0 Å². The number of halogens is 1. The molecule has 20 heavy (non-hydrogen) atoms. The van der Waals surface area contributed by atoms with E-state index in [0.29, 0.717) is 10.0 Å². The topological polar surface area (TPSA) is 78.4 Å². The first kappa shape index (κ1) is 16.5. The van der Waals surface area contributed by atoms with Crippen LogP contribution in [-0.4, -0.2) is 28.5 Å². The van der Waals surface area contributed by atoms with Gasteiger partial charge in [0.15, 0.2) is 0 Å². The van der Waals surface area contributed by atoms with Crippen LogP contribution in [0.5, 0.6) is 5.75 Å². The molecule has 0 spiro atoms. The normalized spacial score (nSPS) is 12.7. The van der Waals surface area contributed by atoms with Crippen LogP contribution in [0, 0.1) is 0 Å². The Labute approximate surface area is 126 Å². The molecule has 0 saturated heterocycles. The number of nitrogens with one attached hydrogen (secondary N) is 2. The highest BCUT2D eigenvalue weighted by atomic mass is 79.9. The molecule has 1 unspecified atom stereocenters. The second kappa shape index (κ2) is 6.26. The molecular formula is C14H19BrN2O3. The highest BCUT2D eigenvalue weighted by Gasteiger charge is 2.21. The number of phenolic OH excluding ortho intramolecular Hbond substituents is 1. The van der Waals surface area contributed by atoms with Crippen LogP contribution in [0.25, 0.3) is 0 Å². The predicted octanol–water partition coefficient (Wildman–Crippen LogP) is 2.19. The Hall–Kier alpha value is -1.56. The van der Waals surface area contributed by atoms with Gasteiger partial charge in [0.25, 0.3) is 5.91 Å². The van der Waals surface area contributed by atoms with E-state index in [-0.39, 0.29) is 17.2 Å². The molecule has 0 aromatic heterocycles. The Kier molecular flexibility index (Phi) is 5.16. The summed E-state index contributed by atoms with van der Waals surface area (Å²) < 4.78 is 0.507. The number of aromatic hydroxyl groups is 1. The molecule has 0 heterocycles. The van der Waals surface area contributed by atoms with Gasteiger partial charge in [-0.05, 0) is 61.8 Å². The van der Waals surface area contributed by atoms with Crippen molar-refractivity contribution in [3.63, 3.8) is 0 Å². The predicted molar refractivity (Wildman–Crippen MR) is 80.6 cm³/mol. The molecule has 5 nitrogen and oxygen atoms in total. The van der Waals surface area contributed by atoms with Crippen LogP contribution in [0.15, 0.2) is 22.7 Å². The van der Waals surface area contributed by atoms with E-state index in [2.05, 4.69) is 26.6 Å². The average molecular weight is 343 g/mol. The first-order chi connectivity index (χ1) is 9.10. The van der Waals surface area contributed by atoms with Crippen LogP contribution in [-0.2, 0) is 4.79 Å². The molecule has 0 aliphatic rings. The lowest BCUT2D eigenvalue weighted by Gasteiger charge is -2.23. The number of carbonyl (C=O) groups excluding carboxylic acids is 2. The smallest absolute Gasteiger partial charge is 0.252 e. The summed E-state index contributed by atoms with van der Waals surface area (Å²) in [6, 6.07) is 3.82. The maximum Gasteiger partial charge on any atom is 0.252 e. The van der Waals surface area contributed by atoms with Gasteiger partial charge in [-0.1, -0.05) is 0 Å². The molecule has 6 heteroatoms. The van der Waals surface area contributed by atoms with Gasteiger partial charge in [-0.3, -0.25) is 9.59 Å². The minimum Gasteiger partial charge on any atom is -0.507 e. The fraction of sp³-hybridized carbons (Fsp3) is 0.429. The molecule has 110 valence electrons. The third kappa shape index (κ3) is 4.85. The Balaban J connectivity index is 2.70. The number of hydrogen-bond acceptors (Lipinski definition) is 3. The third-order valence-corrected chi connectivity index (χ3v) is 3.12. The van der Waals surface area contributed by atoms with Crippen LogP contribution in [0.3, 0.4) is 0 Å². The van der Waals surface area contributed by atoms with Crippen molar-refractivity contribution in [3.8, 4) is 5.75 Å². The number of phenols is 1. The van der Waals surface area contributed by atoms with E-state index in [1.165, 1.54) is 6.07 Å². The molecule has 1 aromatic carbocycles. The van der Waals surface area contributed by atoms with Gasteiger partial charge in [-0.25, -0.2) is 0 Å². The van der Waals surface area contributed by atoms with E-state index in [4.69, 9.17) is 0 Å². The van der Waals surface area contributed by atoms with E-state index < -0.39 is 11.9 Å². The highest BCUT2D eigenvalue weighted by molar-refractivity contribution is 9.10. The van der Waals surface area contributed by atoms with Crippen LogP contribution in [0.1, 0.15) is 38.1 Å².